The van der Waals surface area contributed by atoms with E-state index in [2.05, 4.69) is 44.8 Å². The minimum atomic E-state index is 0.882. The van der Waals surface area contributed by atoms with Crippen LogP contribution in [-0.2, 0) is 12.8 Å². The van der Waals surface area contributed by atoms with Gasteiger partial charge in [-0.15, -0.1) is 10.2 Å². The van der Waals surface area contributed by atoms with Gasteiger partial charge >= 0.3 is 0 Å². The summed E-state index contributed by atoms with van der Waals surface area (Å²) < 4.78 is 7.53. The molecule has 3 aromatic rings. The molecule has 0 radical (unpaired) electrons. The Morgan fingerprint density at radius 2 is 2.17 bits per heavy atom. The van der Waals surface area contributed by atoms with Crippen molar-refractivity contribution in [2.75, 3.05) is 20.1 Å². The van der Waals surface area contributed by atoms with Gasteiger partial charge in [0.2, 0.25) is 0 Å². The van der Waals surface area contributed by atoms with Crippen LogP contribution < -0.4 is 0 Å². The van der Waals surface area contributed by atoms with Crippen LogP contribution in [0.2, 0.25) is 0 Å². The number of hydrogen-bond acceptors (Lipinski definition) is 4. The molecule has 0 aliphatic carbocycles. The van der Waals surface area contributed by atoms with Crippen molar-refractivity contribution in [3.05, 3.63) is 59.9 Å². The highest BCUT2D eigenvalue weighted by atomic mass is 16.3. The summed E-state index contributed by atoms with van der Waals surface area (Å²) in [5.41, 5.74) is 4.74. The van der Waals surface area contributed by atoms with Gasteiger partial charge in [0, 0.05) is 30.8 Å². The fraction of sp³-hybridized carbons (Fsp3) is 0.333. The van der Waals surface area contributed by atoms with Crippen molar-refractivity contribution in [2.24, 2.45) is 0 Å². The van der Waals surface area contributed by atoms with Gasteiger partial charge in [-0.05, 0) is 49.7 Å². The molecule has 0 spiro atoms. The number of rotatable bonds is 4. The normalized spacial score (nSPS) is 16.0. The number of nitrogens with zero attached hydrogens (tertiary/aromatic N) is 4. The Bertz CT molecular complexity index is 832. The lowest BCUT2D eigenvalue weighted by Crippen LogP contribution is -2.23. The summed E-state index contributed by atoms with van der Waals surface area (Å²) in [6.45, 7) is 2.09. The second-order valence-electron chi connectivity index (χ2n) is 6.08. The van der Waals surface area contributed by atoms with Gasteiger partial charge in [0.25, 0.3) is 0 Å². The summed E-state index contributed by atoms with van der Waals surface area (Å²) in [6, 6.07) is 8.33. The molecule has 0 saturated carbocycles. The fourth-order valence-corrected chi connectivity index (χ4v) is 3.14. The molecule has 0 bridgehead atoms. The highest BCUT2D eigenvalue weighted by Crippen LogP contribution is 2.26. The summed E-state index contributed by atoms with van der Waals surface area (Å²) in [4.78, 5) is 2.32. The van der Waals surface area contributed by atoms with Crippen LogP contribution in [0.25, 0.3) is 11.2 Å². The third-order valence-electron chi connectivity index (χ3n) is 4.51. The van der Waals surface area contributed by atoms with Gasteiger partial charge in [-0.2, -0.15) is 0 Å². The number of fused-ring (bicyclic) bond motifs is 1. The van der Waals surface area contributed by atoms with E-state index >= 15 is 0 Å². The fourth-order valence-electron chi connectivity index (χ4n) is 3.14. The molecule has 1 aliphatic heterocycles. The van der Waals surface area contributed by atoms with Crippen molar-refractivity contribution >= 4 is 11.2 Å². The zero-order valence-electron chi connectivity index (χ0n) is 13.3. The van der Waals surface area contributed by atoms with Gasteiger partial charge < -0.3 is 9.32 Å². The van der Waals surface area contributed by atoms with Crippen LogP contribution in [0, 0.1) is 0 Å². The predicted molar refractivity (Wildman–Crippen MR) is 89.2 cm³/mol. The summed E-state index contributed by atoms with van der Waals surface area (Å²) in [7, 11) is 2.15. The van der Waals surface area contributed by atoms with Crippen LogP contribution in [0.15, 0.2) is 47.3 Å². The minimum Gasteiger partial charge on any atom is -0.469 e. The molecule has 4 rings (SSSR count). The summed E-state index contributed by atoms with van der Waals surface area (Å²) >= 11 is 0. The van der Waals surface area contributed by atoms with Crippen LogP contribution in [-0.4, -0.2) is 39.6 Å². The van der Waals surface area contributed by atoms with E-state index in [0.29, 0.717) is 0 Å². The summed E-state index contributed by atoms with van der Waals surface area (Å²) in [6.07, 6.45) is 8.68. The second-order valence-corrected chi connectivity index (χ2v) is 6.08. The third kappa shape index (κ3) is 2.80. The van der Waals surface area contributed by atoms with E-state index in [1.807, 2.05) is 18.5 Å². The Kier molecular flexibility index (Phi) is 3.71. The third-order valence-corrected chi connectivity index (χ3v) is 4.51. The molecule has 23 heavy (non-hydrogen) atoms. The number of hydrogen-bond donors (Lipinski definition) is 0. The van der Waals surface area contributed by atoms with Crippen molar-refractivity contribution in [3.8, 4) is 0 Å². The monoisotopic (exact) mass is 308 g/mol. The average Bonchev–Trinajstić information content (AvgIpc) is 3.25. The standard InChI is InChI=1S/C18H20N4O/c1-21-10-8-14(9-11-21)17-7-5-15(22-13-19-20-18(17)22)4-6-16-3-2-12-23-16/h2-3,5,7-8,12-13H,4,6,9-11H2,1H3. The Morgan fingerprint density at radius 3 is 2.96 bits per heavy atom. The average molecular weight is 308 g/mol. The highest BCUT2D eigenvalue weighted by molar-refractivity contribution is 5.76. The Balaban J connectivity index is 1.65. The second kappa shape index (κ2) is 6.01. The molecule has 4 heterocycles. The minimum absolute atomic E-state index is 0.882. The summed E-state index contributed by atoms with van der Waals surface area (Å²) in [5.74, 6) is 1.01. The lowest BCUT2D eigenvalue weighted by molar-refractivity contribution is 0.370. The van der Waals surface area contributed by atoms with Crippen LogP contribution >= 0.6 is 0 Å². The van der Waals surface area contributed by atoms with Crippen LogP contribution in [0.3, 0.4) is 0 Å². The van der Waals surface area contributed by atoms with Gasteiger partial charge in [0.05, 0.1) is 6.26 Å². The zero-order chi connectivity index (χ0) is 15.6. The van der Waals surface area contributed by atoms with Gasteiger partial charge in [-0.25, -0.2) is 0 Å². The van der Waals surface area contributed by atoms with Gasteiger partial charge in [-0.1, -0.05) is 6.08 Å². The SMILES string of the molecule is CN1CC=C(c2ccc(CCc3ccco3)n3cnnc23)CC1. The van der Waals surface area contributed by atoms with Crippen molar-refractivity contribution in [1.82, 2.24) is 19.5 Å². The summed E-state index contributed by atoms with van der Waals surface area (Å²) in [5, 5.41) is 8.48. The molecular formula is C18H20N4O. The first-order valence-electron chi connectivity index (χ1n) is 8.03. The number of furan rings is 1. The van der Waals surface area contributed by atoms with Crippen molar-refractivity contribution in [3.63, 3.8) is 0 Å². The molecule has 0 unspecified atom stereocenters. The Hall–Kier alpha value is -2.40. The van der Waals surface area contributed by atoms with Crippen LogP contribution in [0.5, 0.6) is 0 Å². The van der Waals surface area contributed by atoms with Gasteiger partial charge in [-0.3, -0.25) is 4.40 Å². The topological polar surface area (TPSA) is 46.6 Å². The molecule has 0 saturated heterocycles. The molecule has 0 amide bonds. The van der Waals surface area contributed by atoms with Crippen molar-refractivity contribution < 1.29 is 4.42 Å². The van der Waals surface area contributed by atoms with Gasteiger partial charge in [0.15, 0.2) is 5.65 Å². The maximum atomic E-state index is 5.42. The number of pyridine rings is 1. The molecule has 0 atom stereocenters. The zero-order valence-corrected chi connectivity index (χ0v) is 13.3. The molecular weight excluding hydrogens is 288 g/mol. The quantitative estimate of drug-likeness (QED) is 0.743. The first kappa shape index (κ1) is 14.2. The van der Waals surface area contributed by atoms with Crippen LogP contribution in [0.4, 0.5) is 0 Å². The maximum absolute atomic E-state index is 5.42. The maximum Gasteiger partial charge on any atom is 0.168 e. The molecule has 0 fully saturated rings. The first-order valence-corrected chi connectivity index (χ1v) is 8.03. The molecule has 0 N–H and O–H groups in total. The lowest BCUT2D eigenvalue weighted by Gasteiger charge is -2.22. The highest BCUT2D eigenvalue weighted by Gasteiger charge is 2.15. The van der Waals surface area contributed by atoms with E-state index in [0.717, 1.165) is 43.8 Å². The van der Waals surface area contributed by atoms with E-state index in [1.54, 1.807) is 6.26 Å². The van der Waals surface area contributed by atoms with E-state index in [9.17, 15) is 0 Å². The van der Waals surface area contributed by atoms with Crippen LogP contribution in [0.1, 0.15) is 23.4 Å². The number of aromatic nitrogens is 3. The van der Waals surface area contributed by atoms with Crippen molar-refractivity contribution in [1.29, 1.82) is 0 Å². The molecule has 3 aromatic heterocycles. The van der Waals surface area contributed by atoms with Crippen molar-refractivity contribution in [2.45, 2.75) is 19.3 Å². The van der Waals surface area contributed by atoms with E-state index in [1.165, 1.54) is 16.8 Å². The molecule has 118 valence electrons. The largest absolute Gasteiger partial charge is 0.469 e. The van der Waals surface area contributed by atoms with E-state index < -0.39 is 0 Å². The molecule has 0 aromatic carbocycles. The molecule has 5 nitrogen and oxygen atoms in total. The van der Waals surface area contributed by atoms with E-state index in [-0.39, 0.29) is 0 Å². The predicted octanol–water partition coefficient (Wildman–Crippen LogP) is 2.83. The Morgan fingerprint density at radius 1 is 1.22 bits per heavy atom. The lowest BCUT2D eigenvalue weighted by atomic mass is 10.00. The molecule has 1 aliphatic rings. The van der Waals surface area contributed by atoms with E-state index in [4.69, 9.17) is 4.42 Å². The van der Waals surface area contributed by atoms with Gasteiger partial charge in [0.1, 0.15) is 12.1 Å². The number of likely N-dealkylation sites (N-methyl/N-ethyl adjacent to an activating group) is 1. The number of aryl methyl sites for hydroxylation is 2. The Labute approximate surface area is 135 Å². The first-order chi connectivity index (χ1) is 11.3. The smallest absolute Gasteiger partial charge is 0.168 e. The molecule has 5 heteroatoms.